The van der Waals surface area contributed by atoms with Gasteiger partial charge in [0.15, 0.2) is 0 Å². The third kappa shape index (κ3) is 2.19. The average molecular weight is 271 g/mol. The van der Waals surface area contributed by atoms with Gasteiger partial charge in [-0.1, -0.05) is 17.7 Å². The molecule has 0 atom stereocenters. The van der Waals surface area contributed by atoms with Crippen LogP contribution >= 0.6 is 11.6 Å². The molecule has 0 aromatic carbocycles. The molecule has 1 N–H and O–H groups in total. The van der Waals surface area contributed by atoms with E-state index in [1.807, 2.05) is 13.8 Å². The molecule has 0 radical (unpaired) electrons. The first kappa shape index (κ1) is 13.1. The van der Waals surface area contributed by atoms with Crippen molar-refractivity contribution < 1.29 is 0 Å². The highest BCUT2D eigenvalue weighted by atomic mass is 35.5. The Balaban J connectivity index is 2.69. The first-order valence-electron chi connectivity index (χ1n) is 5.69. The van der Waals surface area contributed by atoms with Crippen molar-refractivity contribution >= 4 is 11.6 Å². The molecule has 94 valence electrons. The van der Waals surface area contributed by atoms with Gasteiger partial charge in [0.1, 0.15) is 5.15 Å². The summed E-state index contributed by atoms with van der Waals surface area (Å²) < 4.78 is 0. The number of pyridine rings is 1. The summed E-state index contributed by atoms with van der Waals surface area (Å²) in [6.07, 6.45) is 1.58. The second kappa shape index (κ2) is 5.14. The third-order valence-electron chi connectivity index (χ3n) is 3.10. The lowest BCUT2D eigenvalue weighted by Gasteiger charge is -2.26. The molecule has 2 heterocycles. The predicted octanol–water partition coefficient (Wildman–Crippen LogP) is 3.02. The molecule has 19 heavy (non-hydrogen) atoms. The Morgan fingerprint density at radius 2 is 1.79 bits per heavy atom. The SMILES string of the molecule is CC1=C(C#N)C(c2cccnc2Cl)C(C#N)=C(C)N1. The van der Waals surface area contributed by atoms with Crippen LogP contribution in [0, 0.1) is 22.7 Å². The number of allylic oxidation sites excluding steroid dienone is 4. The Kier molecular flexibility index (Phi) is 3.55. The van der Waals surface area contributed by atoms with Crippen molar-refractivity contribution in [1.82, 2.24) is 10.3 Å². The molecule has 1 aliphatic rings. The van der Waals surface area contributed by atoms with Crippen molar-refractivity contribution in [2.45, 2.75) is 19.8 Å². The lowest BCUT2D eigenvalue weighted by Crippen LogP contribution is -2.23. The van der Waals surface area contributed by atoms with Gasteiger partial charge in [-0.25, -0.2) is 4.98 Å². The molecule has 0 saturated heterocycles. The van der Waals surface area contributed by atoms with Gasteiger partial charge >= 0.3 is 0 Å². The standard InChI is InChI=1S/C14H11ClN4/c1-8-11(6-16)13(12(7-17)9(2)19-8)10-4-3-5-18-14(10)15/h3-5,13,19H,1-2H3. The quantitative estimate of drug-likeness (QED) is 0.796. The molecule has 0 unspecified atom stereocenters. The van der Waals surface area contributed by atoms with Crippen LogP contribution in [0.25, 0.3) is 0 Å². The maximum atomic E-state index is 9.34. The molecule has 5 heteroatoms. The number of nitrogens with zero attached hydrogens (tertiary/aromatic N) is 3. The second-order valence-electron chi connectivity index (χ2n) is 4.24. The van der Waals surface area contributed by atoms with Gasteiger partial charge in [0.2, 0.25) is 0 Å². The topological polar surface area (TPSA) is 72.5 Å². The van der Waals surface area contributed by atoms with E-state index in [0.29, 0.717) is 21.9 Å². The maximum absolute atomic E-state index is 9.34. The van der Waals surface area contributed by atoms with E-state index in [4.69, 9.17) is 11.6 Å². The first-order valence-corrected chi connectivity index (χ1v) is 6.07. The van der Waals surface area contributed by atoms with Gasteiger partial charge in [-0.15, -0.1) is 0 Å². The Bertz CT molecular complexity index is 637. The number of nitriles is 2. The van der Waals surface area contributed by atoms with Gasteiger partial charge in [-0.2, -0.15) is 10.5 Å². The van der Waals surface area contributed by atoms with E-state index in [0.717, 1.165) is 11.4 Å². The van der Waals surface area contributed by atoms with Crippen LogP contribution < -0.4 is 5.32 Å². The van der Waals surface area contributed by atoms with Crippen molar-refractivity contribution in [2.24, 2.45) is 0 Å². The van der Waals surface area contributed by atoms with Crippen LogP contribution in [0.3, 0.4) is 0 Å². The molecule has 4 nitrogen and oxygen atoms in total. The summed E-state index contributed by atoms with van der Waals surface area (Å²) in [5, 5.41) is 22.0. The van der Waals surface area contributed by atoms with Gasteiger partial charge < -0.3 is 5.32 Å². The second-order valence-corrected chi connectivity index (χ2v) is 4.60. The zero-order chi connectivity index (χ0) is 14.0. The molecule has 1 aromatic heterocycles. The van der Waals surface area contributed by atoms with Crippen molar-refractivity contribution in [3.63, 3.8) is 0 Å². The number of aromatic nitrogens is 1. The van der Waals surface area contributed by atoms with Crippen LogP contribution in [0.4, 0.5) is 0 Å². The van der Waals surface area contributed by atoms with Crippen LogP contribution in [-0.4, -0.2) is 4.98 Å². The minimum atomic E-state index is -0.447. The smallest absolute Gasteiger partial charge is 0.133 e. The highest BCUT2D eigenvalue weighted by Crippen LogP contribution is 2.39. The number of halogens is 1. The molecule has 1 aliphatic heterocycles. The zero-order valence-corrected chi connectivity index (χ0v) is 11.3. The largest absolute Gasteiger partial charge is 0.361 e. The minimum absolute atomic E-state index is 0.315. The Morgan fingerprint density at radius 3 is 2.26 bits per heavy atom. The monoisotopic (exact) mass is 270 g/mol. The van der Waals surface area contributed by atoms with Gasteiger partial charge in [0.05, 0.1) is 29.2 Å². The summed E-state index contributed by atoms with van der Waals surface area (Å²) in [4.78, 5) is 4.02. The minimum Gasteiger partial charge on any atom is -0.361 e. The average Bonchev–Trinajstić information content (AvgIpc) is 2.38. The Labute approximate surface area is 116 Å². The Morgan fingerprint density at radius 1 is 1.21 bits per heavy atom. The number of nitrogens with one attached hydrogen (secondary N) is 1. The lowest BCUT2D eigenvalue weighted by molar-refractivity contribution is 0.811. The van der Waals surface area contributed by atoms with Crippen molar-refractivity contribution in [1.29, 1.82) is 10.5 Å². The summed E-state index contributed by atoms with van der Waals surface area (Å²) in [5.41, 5.74) is 3.15. The highest BCUT2D eigenvalue weighted by Gasteiger charge is 2.30. The van der Waals surface area contributed by atoms with Gasteiger partial charge in [0, 0.05) is 23.2 Å². The first-order chi connectivity index (χ1) is 9.10. The molecular formula is C14H11ClN4. The van der Waals surface area contributed by atoms with Crippen LogP contribution in [-0.2, 0) is 0 Å². The lowest BCUT2D eigenvalue weighted by atomic mass is 9.82. The van der Waals surface area contributed by atoms with Crippen LogP contribution in [0.15, 0.2) is 40.9 Å². The summed E-state index contributed by atoms with van der Waals surface area (Å²) >= 11 is 6.10. The molecular weight excluding hydrogens is 260 g/mol. The molecule has 0 fully saturated rings. The normalized spacial score (nSPS) is 15.8. The molecule has 0 saturated carbocycles. The number of hydrogen-bond acceptors (Lipinski definition) is 4. The van der Waals surface area contributed by atoms with Crippen LogP contribution in [0.2, 0.25) is 5.15 Å². The third-order valence-corrected chi connectivity index (χ3v) is 3.42. The number of hydrogen-bond donors (Lipinski definition) is 1. The van der Waals surface area contributed by atoms with E-state index in [1.54, 1.807) is 18.3 Å². The van der Waals surface area contributed by atoms with E-state index in [-0.39, 0.29) is 0 Å². The fourth-order valence-corrected chi connectivity index (χ4v) is 2.44. The summed E-state index contributed by atoms with van der Waals surface area (Å²) in [6, 6.07) is 7.86. The summed E-state index contributed by atoms with van der Waals surface area (Å²) in [6.45, 7) is 3.63. The van der Waals surface area contributed by atoms with Crippen LogP contribution in [0.5, 0.6) is 0 Å². The molecule has 0 bridgehead atoms. The molecule has 0 amide bonds. The molecule has 2 rings (SSSR count). The van der Waals surface area contributed by atoms with Crippen molar-refractivity contribution in [2.75, 3.05) is 0 Å². The van der Waals surface area contributed by atoms with E-state index < -0.39 is 5.92 Å². The summed E-state index contributed by atoms with van der Waals surface area (Å²) in [7, 11) is 0. The van der Waals surface area contributed by atoms with Crippen molar-refractivity contribution in [3.8, 4) is 12.1 Å². The molecule has 0 spiro atoms. The predicted molar refractivity (Wildman–Crippen MR) is 71.7 cm³/mol. The van der Waals surface area contributed by atoms with Crippen LogP contribution in [0.1, 0.15) is 25.3 Å². The van der Waals surface area contributed by atoms with E-state index in [1.165, 1.54) is 0 Å². The molecule has 1 aromatic rings. The van der Waals surface area contributed by atoms with Gasteiger partial charge in [-0.05, 0) is 19.9 Å². The number of dihydropyridines is 1. The fraction of sp³-hybridized carbons (Fsp3) is 0.214. The highest BCUT2D eigenvalue weighted by molar-refractivity contribution is 6.30. The Hall–Kier alpha value is -2.30. The summed E-state index contributed by atoms with van der Waals surface area (Å²) in [5.74, 6) is -0.447. The fourth-order valence-electron chi connectivity index (χ4n) is 2.21. The van der Waals surface area contributed by atoms with Gasteiger partial charge in [0.25, 0.3) is 0 Å². The van der Waals surface area contributed by atoms with E-state index in [2.05, 4.69) is 22.4 Å². The maximum Gasteiger partial charge on any atom is 0.133 e. The molecule has 0 aliphatic carbocycles. The van der Waals surface area contributed by atoms with E-state index in [9.17, 15) is 10.5 Å². The van der Waals surface area contributed by atoms with E-state index >= 15 is 0 Å². The number of rotatable bonds is 1. The zero-order valence-electron chi connectivity index (χ0n) is 10.5. The van der Waals surface area contributed by atoms with Gasteiger partial charge in [-0.3, -0.25) is 0 Å². The van der Waals surface area contributed by atoms with Crippen molar-refractivity contribution in [3.05, 3.63) is 51.6 Å².